The van der Waals surface area contributed by atoms with Gasteiger partial charge in [-0.2, -0.15) is 0 Å². The molecule has 2 unspecified atom stereocenters. The van der Waals surface area contributed by atoms with E-state index in [0.717, 1.165) is 30.9 Å². The predicted octanol–water partition coefficient (Wildman–Crippen LogP) is 4.35. The molecule has 1 nitrogen and oxygen atoms in total. The van der Waals surface area contributed by atoms with E-state index in [2.05, 4.69) is 63.9 Å². The fraction of sp³-hybridized carbons (Fsp3) is 0.556. The fourth-order valence-electron chi connectivity index (χ4n) is 2.81. The van der Waals surface area contributed by atoms with Gasteiger partial charge in [-0.15, -0.1) is 0 Å². The van der Waals surface area contributed by atoms with Crippen molar-refractivity contribution >= 4 is 13.3 Å². The molecule has 0 aliphatic heterocycles. The molecule has 0 bridgehead atoms. The second kappa shape index (κ2) is 7.80. The van der Waals surface area contributed by atoms with Crippen molar-refractivity contribution in [1.29, 1.82) is 0 Å². The lowest BCUT2D eigenvalue weighted by molar-refractivity contribution is 0.120. The molecule has 0 fully saturated rings. The first-order valence-electron chi connectivity index (χ1n) is 7.77. The molecule has 2 heteroatoms. The summed E-state index contributed by atoms with van der Waals surface area (Å²) in [6.07, 6.45) is 2.90. The molecule has 1 aromatic carbocycles. The van der Waals surface area contributed by atoms with E-state index in [1.807, 2.05) is 0 Å². The van der Waals surface area contributed by atoms with Gasteiger partial charge >= 0.3 is 0 Å². The van der Waals surface area contributed by atoms with Gasteiger partial charge in [0.25, 0.3) is 0 Å². The zero-order valence-corrected chi connectivity index (χ0v) is 14.5. The quantitative estimate of drug-likeness (QED) is 0.557. The minimum atomic E-state index is -1.53. The van der Waals surface area contributed by atoms with E-state index in [1.54, 1.807) is 0 Å². The number of benzene rings is 1. The van der Waals surface area contributed by atoms with Crippen LogP contribution in [-0.2, 0) is 0 Å². The predicted molar refractivity (Wildman–Crippen MR) is 92.2 cm³/mol. The first kappa shape index (κ1) is 17.2. The van der Waals surface area contributed by atoms with Crippen LogP contribution < -0.4 is 5.19 Å². The second-order valence-electron chi connectivity index (χ2n) is 6.62. The van der Waals surface area contributed by atoms with Gasteiger partial charge in [0.1, 0.15) is 0 Å². The largest absolute Gasteiger partial charge is 0.393 e. The van der Waals surface area contributed by atoms with Crippen LogP contribution >= 0.6 is 0 Å². The van der Waals surface area contributed by atoms with Crippen molar-refractivity contribution in [3.05, 3.63) is 42.5 Å². The molecule has 0 aromatic heterocycles. The molecule has 0 spiro atoms. The highest BCUT2D eigenvalue weighted by Crippen LogP contribution is 2.28. The summed E-state index contributed by atoms with van der Waals surface area (Å²) >= 11 is 0. The molecule has 112 valence electrons. The summed E-state index contributed by atoms with van der Waals surface area (Å²) in [5, 5.41) is 11.9. The Balaban J connectivity index is 2.82. The Morgan fingerprint density at radius 3 is 2.35 bits per heavy atom. The monoisotopic (exact) mass is 290 g/mol. The molecule has 1 rings (SSSR count). The Morgan fingerprint density at radius 2 is 1.85 bits per heavy atom. The van der Waals surface area contributed by atoms with Gasteiger partial charge in [-0.25, -0.2) is 0 Å². The van der Waals surface area contributed by atoms with Crippen molar-refractivity contribution < 1.29 is 5.11 Å². The molecule has 0 saturated carbocycles. The van der Waals surface area contributed by atoms with Crippen molar-refractivity contribution in [2.45, 2.75) is 58.4 Å². The highest BCUT2D eigenvalue weighted by molar-refractivity contribution is 6.89. The van der Waals surface area contributed by atoms with E-state index < -0.39 is 8.07 Å². The average molecular weight is 291 g/mol. The number of aliphatic hydroxyl groups excluding tert-OH is 1. The third-order valence-corrected chi connectivity index (χ3v) is 7.59. The standard InChI is InChI=1S/C18H30OSi/c1-6-7-13-18(19)17(15(2)3)14-20(4,5)16-11-9-8-10-12-16/h8-12,17-19H,2,6-7,13-14H2,1,3-5H3. The Morgan fingerprint density at radius 1 is 1.25 bits per heavy atom. The van der Waals surface area contributed by atoms with E-state index >= 15 is 0 Å². The maximum atomic E-state index is 10.5. The molecule has 0 amide bonds. The van der Waals surface area contributed by atoms with Crippen molar-refractivity contribution in [1.82, 2.24) is 0 Å². The molecular formula is C18H30OSi. The molecule has 2 atom stereocenters. The maximum Gasteiger partial charge on any atom is 0.0813 e. The van der Waals surface area contributed by atoms with Crippen LogP contribution in [0.4, 0.5) is 0 Å². The van der Waals surface area contributed by atoms with Crippen molar-refractivity contribution in [3.63, 3.8) is 0 Å². The lowest BCUT2D eigenvalue weighted by atomic mass is 9.94. The van der Waals surface area contributed by atoms with E-state index in [-0.39, 0.29) is 12.0 Å². The lowest BCUT2D eigenvalue weighted by Gasteiger charge is -2.32. The molecule has 0 heterocycles. The first-order valence-corrected chi connectivity index (χ1v) is 11.0. The van der Waals surface area contributed by atoms with E-state index in [0.29, 0.717) is 0 Å². The van der Waals surface area contributed by atoms with Gasteiger partial charge in [0.2, 0.25) is 0 Å². The molecule has 0 aliphatic carbocycles. The smallest absolute Gasteiger partial charge is 0.0813 e. The Bertz CT molecular complexity index is 411. The summed E-state index contributed by atoms with van der Waals surface area (Å²) in [4.78, 5) is 0. The lowest BCUT2D eigenvalue weighted by Crippen LogP contribution is -2.44. The van der Waals surface area contributed by atoms with E-state index in [9.17, 15) is 5.11 Å². The second-order valence-corrected chi connectivity index (χ2v) is 11.4. The molecular weight excluding hydrogens is 260 g/mol. The summed E-state index contributed by atoms with van der Waals surface area (Å²) in [7, 11) is -1.53. The normalized spacial score (nSPS) is 14.8. The number of hydrogen-bond acceptors (Lipinski definition) is 1. The van der Waals surface area contributed by atoms with Crippen molar-refractivity contribution in [2.75, 3.05) is 0 Å². The van der Waals surface area contributed by atoms with Gasteiger partial charge in [0.05, 0.1) is 14.2 Å². The third-order valence-electron chi connectivity index (χ3n) is 4.24. The topological polar surface area (TPSA) is 20.2 Å². The molecule has 1 aromatic rings. The maximum absolute atomic E-state index is 10.5. The zero-order chi connectivity index (χ0) is 15.2. The van der Waals surface area contributed by atoms with E-state index in [1.165, 1.54) is 5.19 Å². The van der Waals surface area contributed by atoms with Crippen LogP contribution in [-0.4, -0.2) is 19.3 Å². The van der Waals surface area contributed by atoms with Gasteiger partial charge in [0, 0.05) is 5.92 Å². The van der Waals surface area contributed by atoms with Crippen LogP contribution in [0.3, 0.4) is 0 Å². The average Bonchev–Trinajstić information content (AvgIpc) is 2.43. The zero-order valence-electron chi connectivity index (χ0n) is 13.5. The molecule has 20 heavy (non-hydrogen) atoms. The minimum absolute atomic E-state index is 0.233. The Labute approximate surface area is 125 Å². The van der Waals surface area contributed by atoms with Crippen LogP contribution in [0, 0.1) is 5.92 Å². The summed E-state index contributed by atoms with van der Waals surface area (Å²) in [6, 6.07) is 11.9. The SMILES string of the molecule is C=C(C)C(C[Si](C)(C)c1ccccc1)C(O)CCCC. The number of hydrogen-bond donors (Lipinski definition) is 1. The molecule has 0 aliphatic rings. The third kappa shape index (κ3) is 4.91. The first-order chi connectivity index (χ1) is 9.38. The van der Waals surface area contributed by atoms with Crippen LogP contribution in [0.15, 0.2) is 42.5 Å². The highest BCUT2D eigenvalue weighted by Gasteiger charge is 2.31. The number of unbranched alkanes of at least 4 members (excludes halogenated alkanes) is 1. The molecule has 1 N–H and O–H groups in total. The summed E-state index contributed by atoms with van der Waals surface area (Å²) in [6.45, 7) is 13.1. The van der Waals surface area contributed by atoms with Crippen molar-refractivity contribution in [3.8, 4) is 0 Å². The summed E-state index contributed by atoms with van der Waals surface area (Å²) in [5.74, 6) is 0.239. The Hall–Kier alpha value is -0.863. The van der Waals surface area contributed by atoms with Gasteiger partial charge in [-0.1, -0.05) is 80.5 Å². The van der Waals surface area contributed by atoms with Gasteiger partial charge in [0.15, 0.2) is 0 Å². The van der Waals surface area contributed by atoms with Crippen LogP contribution in [0.25, 0.3) is 0 Å². The minimum Gasteiger partial charge on any atom is -0.393 e. The van der Waals surface area contributed by atoms with Crippen molar-refractivity contribution in [2.24, 2.45) is 5.92 Å². The summed E-state index contributed by atoms with van der Waals surface area (Å²) in [5.41, 5.74) is 1.13. The van der Waals surface area contributed by atoms with Gasteiger partial charge < -0.3 is 5.11 Å². The molecule has 0 radical (unpaired) electrons. The highest BCUT2D eigenvalue weighted by atomic mass is 28.3. The van der Waals surface area contributed by atoms with Gasteiger partial charge in [-0.3, -0.25) is 0 Å². The van der Waals surface area contributed by atoms with Crippen LogP contribution in [0.5, 0.6) is 0 Å². The van der Waals surface area contributed by atoms with Crippen LogP contribution in [0.2, 0.25) is 19.1 Å². The fourth-order valence-corrected chi connectivity index (χ4v) is 5.86. The number of rotatable bonds is 8. The van der Waals surface area contributed by atoms with E-state index in [4.69, 9.17) is 0 Å². The Kier molecular flexibility index (Phi) is 6.70. The van der Waals surface area contributed by atoms with Crippen LogP contribution in [0.1, 0.15) is 33.1 Å². The summed E-state index contributed by atoms with van der Waals surface area (Å²) < 4.78 is 0. The number of aliphatic hydroxyl groups is 1. The van der Waals surface area contributed by atoms with Gasteiger partial charge in [-0.05, 0) is 19.4 Å². The molecule has 0 saturated heterocycles.